The maximum absolute atomic E-state index is 13.5. The summed E-state index contributed by atoms with van der Waals surface area (Å²) in [6.45, 7) is 0. The molecule has 2 aromatic rings. The van der Waals surface area contributed by atoms with Gasteiger partial charge in [0.15, 0.2) is 0 Å². The van der Waals surface area contributed by atoms with Crippen molar-refractivity contribution in [2.75, 3.05) is 5.32 Å². The summed E-state index contributed by atoms with van der Waals surface area (Å²) >= 11 is 0. The maximum Gasteiger partial charge on any atom is 0.416 e. The topological polar surface area (TPSA) is 29.1 Å². The maximum atomic E-state index is 13.5. The van der Waals surface area contributed by atoms with Gasteiger partial charge in [0.05, 0.1) is 11.1 Å². The van der Waals surface area contributed by atoms with Crippen molar-refractivity contribution in [2.45, 2.75) is 6.18 Å². The number of rotatable bonds is 2. The summed E-state index contributed by atoms with van der Waals surface area (Å²) in [5.41, 5.74) is -1.90. The van der Waals surface area contributed by atoms with E-state index < -0.39 is 34.8 Å². The molecule has 0 saturated carbocycles. The van der Waals surface area contributed by atoms with E-state index in [4.69, 9.17) is 0 Å². The van der Waals surface area contributed by atoms with Crippen LogP contribution in [0.3, 0.4) is 0 Å². The fourth-order valence-corrected chi connectivity index (χ4v) is 1.64. The quantitative estimate of drug-likeness (QED) is 0.826. The number of carbonyl (C=O) groups is 1. The Kier molecular flexibility index (Phi) is 3.93. The van der Waals surface area contributed by atoms with E-state index in [-0.39, 0.29) is 5.69 Å². The van der Waals surface area contributed by atoms with Crippen LogP contribution in [0.4, 0.5) is 27.6 Å². The van der Waals surface area contributed by atoms with Crippen molar-refractivity contribution in [3.8, 4) is 0 Å². The van der Waals surface area contributed by atoms with Crippen molar-refractivity contribution in [1.82, 2.24) is 0 Å². The Balaban J connectivity index is 2.31. The van der Waals surface area contributed by atoms with Gasteiger partial charge in [-0.2, -0.15) is 13.2 Å². The monoisotopic (exact) mass is 301 g/mol. The standard InChI is InChI=1S/C14H8F5NO/c15-9-2-1-3-10(7-9)20-13(21)11-6-8(14(17,18)19)4-5-12(11)16/h1-7H,(H,20,21). The smallest absolute Gasteiger partial charge is 0.322 e. The van der Waals surface area contributed by atoms with Crippen LogP contribution in [0.15, 0.2) is 42.5 Å². The molecule has 0 spiro atoms. The van der Waals surface area contributed by atoms with Gasteiger partial charge in [0, 0.05) is 5.69 Å². The highest BCUT2D eigenvalue weighted by Gasteiger charge is 2.31. The van der Waals surface area contributed by atoms with Crippen LogP contribution >= 0.6 is 0 Å². The lowest BCUT2D eigenvalue weighted by molar-refractivity contribution is -0.137. The third-order valence-corrected chi connectivity index (χ3v) is 2.62. The molecule has 0 radical (unpaired) electrons. The minimum atomic E-state index is -4.69. The molecule has 21 heavy (non-hydrogen) atoms. The van der Waals surface area contributed by atoms with Gasteiger partial charge in [0.1, 0.15) is 11.6 Å². The van der Waals surface area contributed by atoms with E-state index in [1.807, 2.05) is 0 Å². The van der Waals surface area contributed by atoms with E-state index in [0.29, 0.717) is 18.2 Å². The second-order valence-corrected chi connectivity index (χ2v) is 4.16. The predicted molar refractivity (Wildman–Crippen MR) is 65.8 cm³/mol. The van der Waals surface area contributed by atoms with Crippen molar-refractivity contribution < 1.29 is 26.7 Å². The lowest BCUT2D eigenvalue weighted by atomic mass is 10.1. The van der Waals surface area contributed by atoms with Crippen LogP contribution in [0.1, 0.15) is 15.9 Å². The minimum absolute atomic E-state index is 0.0109. The average Bonchev–Trinajstić information content (AvgIpc) is 2.37. The summed E-state index contributed by atoms with van der Waals surface area (Å²) in [7, 11) is 0. The van der Waals surface area contributed by atoms with Gasteiger partial charge < -0.3 is 5.32 Å². The fraction of sp³-hybridized carbons (Fsp3) is 0.0714. The first-order valence-electron chi connectivity index (χ1n) is 5.71. The molecular weight excluding hydrogens is 293 g/mol. The zero-order valence-electron chi connectivity index (χ0n) is 10.3. The van der Waals surface area contributed by atoms with Crippen molar-refractivity contribution >= 4 is 11.6 Å². The number of carbonyl (C=O) groups excluding carboxylic acids is 1. The van der Waals surface area contributed by atoms with Gasteiger partial charge in [-0.1, -0.05) is 6.07 Å². The number of alkyl halides is 3. The van der Waals surface area contributed by atoms with E-state index in [2.05, 4.69) is 5.32 Å². The van der Waals surface area contributed by atoms with E-state index in [9.17, 15) is 26.7 Å². The summed E-state index contributed by atoms with van der Waals surface area (Å²) in [6, 6.07) is 6.21. The first-order chi connectivity index (χ1) is 9.77. The largest absolute Gasteiger partial charge is 0.416 e. The van der Waals surface area contributed by atoms with Crippen LogP contribution in [0.2, 0.25) is 0 Å². The highest BCUT2D eigenvalue weighted by Crippen LogP contribution is 2.30. The van der Waals surface area contributed by atoms with E-state index >= 15 is 0 Å². The third-order valence-electron chi connectivity index (χ3n) is 2.62. The molecule has 0 fully saturated rings. The van der Waals surface area contributed by atoms with E-state index in [1.165, 1.54) is 12.1 Å². The minimum Gasteiger partial charge on any atom is -0.322 e. The fourth-order valence-electron chi connectivity index (χ4n) is 1.64. The molecule has 0 saturated heterocycles. The van der Waals surface area contributed by atoms with Gasteiger partial charge in [-0.15, -0.1) is 0 Å². The Hall–Kier alpha value is -2.44. The first-order valence-corrected chi connectivity index (χ1v) is 5.71. The molecule has 7 heteroatoms. The molecule has 0 aliphatic rings. The zero-order valence-corrected chi connectivity index (χ0v) is 10.3. The van der Waals surface area contributed by atoms with Gasteiger partial charge in [-0.25, -0.2) is 8.78 Å². The number of benzene rings is 2. The predicted octanol–water partition coefficient (Wildman–Crippen LogP) is 4.24. The number of amides is 1. The molecule has 110 valence electrons. The third kappa shape index (κ3) is 3.56. The molecule has 2 aromatic carbocycles. The van der Waals surface area contributed by atoms with Crippen molar-refractivity contribution in [1.29, 1.82) is 0 Å². The van der Waals surface area contributed by atoms with E-state index in [0.717, 1.165) is 12.1 Å². The average molecular weight is 301 g/mol. The van der Waals surface area contributed by atoms with Gasteiger partial charge in [-0.05, 0) is 36.4 Å². The van der Waals surface area contributed by atoms with Crippen LogP contribution in [0.25, 0.3) is 0 Å². The molecule has 1 amide bonds. The Morgan fingerprint density at radius 2 is 1.71 bits per heavy atom. The second-order valence-electron chi connectivity index (χ2n) is 4.16. The zero-order chi connectivity index (χ0) is 15.6. The molecule has 0 aliphatic heterocycles. The summed E-state index contributed by atoms with van der Waals surface area (Å²) in [6.07, 6.45) is -4.69. The molecule has 0 aromatic heterocycles. The van der Waals surface area contributed by atoms with E-state index in [1.54, 1.807) is 0 Å². The highest BCUT2D eigenvalue weighted by molar-refractivity contribution is 6.04. The molecule has 0 bridgehead atoms. The van der Waals surface area contributed by atoms with Gasteiger partial charge in [0.2, 0.25) is 0 Å². The van der Waals surface area contributed by atoms with Crippen LogP contribution < -0.4 is 5.32 Å². The lowest BCUT2D eigenvalue weighted by Gasteiger charge is -2.10. The normalized spacial score (nSPS) is 11.3. The summed E-state index contributed by atoms with van der Waals surface area (Å²) in [4.78, 5) is 11.8. The van der Waals surface area contributed by atoms with Crippen LogP contribution in [-0.2, 0) is 6.18 Å². The number of nitrogens with one attached hydrogen (secondary N) is 1. The highest BCUT2D eigenvalue weighted by atomic mass is 19.4. The molecule has 2 rings (SSSR count). The number of hydrogen-bond acceptors (Lipinski definition) is 1. The summed E-state index contributed by atoms with van der Waals surface area (Å²) in [5, 5.41) is 2.13. The van der Waals surface area contributed by atoms with Crippen molar-refractivity contribution in [3.63, 3.8) is 0 Å². The lowest BCUT2D eigenvalue weighted by Crippen LogP contribution is -2.16. The molecule has 0 unspecified atom stereocenters. The Morgan fingerprint density at radius 3 is 2.33 bits per heavy atom. The number of anilines is 1. The number of halogens is 5. The van der Waals surface area contributed by atoms with Crippen LogP contribution in [-0.4, -0.2) is 5.91 Å². The molecule has 0 aliphatic carbocycles. The second kappa shape index (κ2) is 5.51. The molecular formula is C14H8F5NO. The van der Waals surface area contributed by atoms with Crippen LogP contribution in [0, 0.1) is 11.6 Å². The van der Waals surface area contributed by atoms with Crippen LogP contribution in [0.5, 0.6) is 0 Å². The molecule has 0 heterocycles. The SMILES string of the molecule is O=C(Nc1cccc(F)c1)c1cc(C(F)(F)F)ccc1F. The van der Waals surface area contributed by atoms with Gasteiger partial charge in [-0.3, -0.25) is 4.79 Å². The summed E-state index contributed by atoms with van der Waals surface area (Å²) < 4.78 is 64.1. The Morgan fingerprint density at radius 1 is 1.00 bits per heavy atom. The van der Waals surface area contributed by atoms with Gasteiger partial charge >= 0.3 is 6.18 Å². The Labute approximate surface area is 116 Å². The number of hydrogen-bond donors (Lipinski definition) is 1. The van der Waals surface area contributed by atoms with Gasteiger partial charge in [0.25, 0.3) is 5.91 Å². The Bertz CT molecular complexity index is 681. The first kappa shape index (κ1) is 15.0. The summed E-state index contributed by atoms with van der Waals surface area (Å²) in [5.74, 6) is -2.83. The van der Waals surface area contributed by atoms with Crippen molar-refractivity contribution in [2.24, 2.45) is 0 Å². The molecule has 0 atom stereocenters. The molecule has 1 N–H and O–H groups in total. The molecule has 2 nitrogen and oxygen atoms in total. The van der Waals surface area contributed by atoms with Crippen molar-refractivity contribution in [3.05, 3.63) is 65.2 Å².